The van der Waals surface area contributed by atoms with Crippen molar-refractivity contribution in [3.8, 4) is 28.3 Å². The predicted octanol–water partition coefficient (Wildman–Crippen LogP) is 3.17. The van der Waals surface area contributed by atoms with Crippen LogP contribution in [0.5, 0.6) is 5.75 Å². The fourth-order valence-corrected chi connectivity index (χ4v) is 4.51. The van der Waals surface area contributed by atoms with Crippen LogP contribution in [0.2, 0.25) is 0 Å². The normalized spacial score (nSPS) is 11.5. The molecule has 0 spiro atoms. The number of nitrogens with two attached hydrogens (primary N) is 2. The van der Waals surface area contributed by atoms with E-state index < -0.39 is 28.3 Å². The number of hydrogen-bond acceptors (Lipinski definition) is 9. The van der Waals surface area contributed by atoms with E-state index in [-0.39, 0.29) is 41.0 Å². The first-order valence-electron chi connectivity index (χ1n) is 10.3. The Morgan fingerprint density at radius 1 is 1.09 bits per heavy atom. The number of alkyl halides is 1. The number of fused-ring (bicyclic) bond motifs is 1. The lowest BCUT2D eigenvalue weighted by atomic mass is 10.0. The Morgan fingerprint density at radius 3 is 2.51 bits per heavy atom. The summed E-state index contributed by atoms with van der Waals surface area (Å²) >= 11 is 0. The quantitative estimate of drug-likeness (QED) is 0.329. The molecule has 0 aliphatic heterocycles. The molecule has 0 fully saturated rings. The first kappa shape index (κ1) is 24.0. The standard InChI is InChI=1S/C22H21F2N7O3S/c1-34-18-9-17-15(20(25)30-21(29-17)12-10-27-22(26)28-11-12)8-14(18)13-4-2-5-16(19(13)24)31-35(32,33)7-3-6-23/h2,4-5,8-11,31H,3,6-7H2,1H3,(H2,25,29,30)(H2,26,27,28). The second kappa shape index (κ2) is 9.62. The van der Waals surface area contributed by atoms with Crippen molar-refractivity contribution in [2.24, 2.45) is 0 Å². The zero-order valence-electron chi connectivity index (χ0n) is 18.5. The summed E-state index contributed by atoms with van der Waals surface area (Å²) in [6, 6.07) is 7.36. The van der Waals surface area contributed by atoms with Crippen LogP contribution in [0.25, 0.3) is 33.4 Å². The van der Waals surface area contributed by atoms with Crippen molar-refractivity contribution < 1.29 is 21.9 Å². The van der Waals surface area contributed by atoms with Crippen molar-refractivity contribution in [1.29, 1.82) is 0 Å². The minimum atomic E-state index is -3.93. The fourth-order valence-electron chi connectivity index (χ4n) is 3.42. The number of methoxy groups -OCH3 is 1. The monoisotopic (exact) mass is 501 g/mol. The summed E-state index contributed by atoms with van der Waals surface area (Å²) in [6.45, 7) is -0.797. The van der Waals surface area contributed by atoms with Crippen LogP contribution in [-0.2, 0) is 10.0 Å². The summed E-state index contributed by atoms with van der Waals surface area (Å²) in [6.07, 6.45) is 2.73. The average Bonchev–Trinajstić information content (AvgIpc) is 2.84. The number of rotatable bonds is 8. The molecular weight excluding hydrogens is 480 g/mol. The summed E-state index contributed by atoms with van der Waals surface area (Å²) in [5, 5.41) is 0.425. The summed E-state index contributed by atoms with van der Waals surface area (Å²) in [4.78, 5) is 16.6. The third kappa shape index (κ3) is 5.04. The molecular formula is C22H21F2N7O3S. The molecule has 13 heteroatoms. The molecule has 2 aromatic heterocycles. The lowest BCUT2D eigenvalue weighted by molar-refractivity contribution is 0.416. The second-order valence-electron chi connectivity index (χ2n) is 7.46. The molecule has 0 saturated carbocycles. The van der Waals surface area contributed by atoms with Crippen LogP contribution in [0.4, 0.5) is 26.2 Å². The van der Waals surface area contributed by atoms with E-state index in [1.807, 2.05) is 0 Å². The number of anilines is 3. The van der Waals surface area contributed by atoms with E-state index in [2.05, 4.69) is 24.7 Å². The molecule has 4 aromatic rings. The summed E-state index contributed by atoms with van der Waals surface area (Å²) < 4.78 is 59.7. The number of nitrogens with one attached hydrogen (secondary N) is 1. The predicted molar refractivity (Wildman–Crippen MR) is 129 cm³/mol. The van der Waals surface area contributed by atoms with Gasteiger partial charge in [-0.2, -0.15) is 0 Å². The van der Waals surface area contributed by atoms with Crippen LogP contribution in [0, 0.1) is 5.82 Å². The number of ether oxygens (including phenoxy) is 1. The van der Waals surface area contributed by atoms with Crippen LogP contribution < -0.4 is 20.9 Å². The highest BCUT2D eigenvalue weighted by Crippen LogP contribution is 2.38. The smallest absolute Gasteiger partial charge is 0.232 e. The van der Waals surface area contributed by atoms with E-state index in [0.717, 1.165) is 0 Å². The molecule has 0 saturated heterocycles. The van der Waals surface area contributed by atoms with Gasteiger partial charge in [-0.25, -0.2) is 32.7 Å². The molecule has 0 aliphatic rings. The molecule has 2 heterocycles. The van der Waals surface area contributed by atoms with E-state index in [1.165, 1.54) is 37.7 Å². The van der Waals surface area contributed by atoms with Crippen LogP contribution in [0.15, 0.2) is 42.7 Å². The molecule has 4 rings (SSSR count). The number of halogens is 2. The highest BCUT2D eigenvalue weighted by atomic mass is 32.2. The van der Waals surface area contributed by atoms with Gasteiger partial charge >= 0.3 is 0 Å². The zero-order chi connectivity index (χ0) is 25.2. The van der Waals surface area contributed by atoms with E-state index in [4.69, 9.17) is 16.2 Å². The zero-order valence-corrected chi connectivity index (χ0v) is 19.3. The molecule has 35 heavy (non-hydrogen) atoms. The van der Waals surface area contributed by atoms with Crippen molar-refractivity contribution >= 4 is 38.4 Å². The largest absolute Gasteiger partial charge is 0.496 e. The molecule has 0 aliphatic carbocycles. The van der Waals surface area contributed by atoms with Gasteiger partial charge in [0, 0.05) is 35.0 Å². The molecule has 182 valence electrons. The Labute approximate surface area is 199 Å². The Morgan fingerprint density at radius 2 is 1.83 bits per heavy atom. The molecule has 10 nitrogen and oxygen atoms in total. The maximum atomic E-state index is 15.4. The van der Waals surface area contributed by atoms with Gasteiger partial charge in [-0.3, -0.25) is 9.11 Å². The van der Waals surface area contributed by atoms with Crippen LogP contribution in [0.1, 0.15) is 6.42 Å². The molecule has 0 unspecified atom stereocenters. The van der Waals surface area contributed by atoms with Crippen LogP contribution in [-0.4, -0.2) is 47.9 Å². The van der Waals surface area contributed by atoms with E-state index in [0.29, 0.717) is 22.0 Å². The number of aromatic nitrogens is 4. The van der Waals surface area contributed by atoms with Gasteiger partial charge in [0.05, 0.1) is 36.3 Å². The highest BCUT2D eigenvalue weighted by molar-refractivity contribution is 7.92. The van der Waals surface area contributed by atoms with Crippen molar-refractivity contribution in [3.05, 3.63) is 48.5 Å². The van der Waals surface area contributed by atoms with E-state index in [1.54, 1.807) is 12.1 Å². The number of sulfonamides is 1. The molecule has 2 aromatic carbocycles. The number of nitrogens with zero attached hydrogens (tertiary/aromatic N) is 4. The first-order valence-corrected chi connectivity index (χ1v) is 12.0. The topological polar surface area (TPSA) is 159 Å². The highest BCUT2D eigenvalue weighted by Gasteiger charge is 2.20. The average molecular weight is 502 g/mol. The molecule has 0 bridgehead atoms. The molecule has 0 amide bonds. The minimum absolute atomic E-state index is 0.0600. The van der Waals surface area contributed by atoms with Gasteiger partial charge < -0.3 is 16.2 Å². The lowest BCUT2D eigenvalue weighted by Gasteiger charge is -2.15. The van der Waals surface area contributed by atoms with E-state index in [9.17, 15) is 12.8 Å². The third-order valence-electron chi connectivity index (χ3n) is 5.08. The van der Waals surface area contributed by atoms with Gasteiger partial charge in [0.2, 0.25) is 16.0 Å². The summed E-state index contributed by atoms with van der Waals surface area (Å²) in [5.74, 6) is -0.546. The maximum Gasteiger partial charge on any atom is 0.232 e. The summed E-state index contributed by atoms with van der Waals surface area (Å²) in [5.41, 5.74) is 12.7. The molecule has 0 radical (unpaired) electrons. The van der Waals surface area contributed by atoms with Gasteiger partial charge in [0.25, 0.3) is 0 Å². The van der Waals surface area contributed by atoms with Crippen molar-refractivity contribution in [1.82, 2.24) is 19.9 Å². The minimum Gasteiger partial charge on any atom is -0.496 e. The Balaban J connectivity index is 1.80. The van der Waals surface area contributed by atoms with Crippen molar-refractivity contribution in [2.45, 2.75) is 6.42 Å². The number of hydrogen-bond donors (Lipinski definition) is 3. The van der Waals surface area contributed by atoms with Crippen LogP contribution in [0.3, 0.4) is 0 Å². The summed E-state index contributed by atoms with van der Waals surface area (Å²) in [7, 11) is -2.52. The first-order chi connectivity index (χ1) is 16.7. The van der Waals surface area contributed by atoms with Crippen molar-refractivity contribution in [2.75, 3.05) is 35.7 Å². The van der Waals surface area contributed by atoms with Crippen molar-refractivity contribution in [3.63, 3.8) is 0 Å². The number of nitrogen functional groups attached to an aromatic ring is 2. The lowest BCUT2D eigenvalue weighted by Crippen LogP contribution is -2.18. The fraction of sp³-hybridized carbons (Fsp3) is 0.182. The van der Waals surface area contributed by atoms with Gasteiger partial charge in [-0.1, -0.05) is 12.1 Å². The second-order valence-corrected chi connectivity index (χ2v) is 9.30. The molecule has 0 atom stereocenters. The van der Waals surface area contributed by atoms with Gasteiger partial charge in [0.1, 0.15) is 11.6 Å². The Kier molecular flexibility index (Phi) is 6.60. The van der Waals surface area contributed by atoms with Gasteiger partial charge in [-0.05, 0) is 18.6 Å². The third-order valence-corrected chi connectivity index (χ3v) is 6.43. The SMILES string of the molecule is COc1cc2nc(-c3cnc(N)nc3)nc(N)c2cc1-c1cccc(NS(=O)(=O)CCCF)c1F. The molecule has 5 N–H and O–H groups in total. The van der Waals surface area contributed by atoms with Gasteiger partial charge in [-0.15, -0.1) is 0 Å². The van der Waals surface area contributed by atoms with E-state index >= 15 is 4.39 Å². The van der Waals surface area contributed by atoms with Crippen LogP contribution >= 0.6 is 0 Å². The number of benzene rings is 2. The van der Waals surface area contributed by atoms with Gasteiger partial charge in [0.15, 0.2) is 11.6 Å². The Bertz CT molecular complexity index is 1500. The Hall–Kier alpha value is -4.13. The maximum absolute atomic E-state index is 15.4.